The van der Waals surface area contributed by atoms with Gasteiger partial charge in [0.05, 0.1) is 0 Å². The fourth-order valence-electron chi connectivity index (χ4n) is 1.38. The van der Waals surface area contributed by atoms with Crippen LogP contribution in [-0.2, 0) is 9.59 Å². The molecule has 0 fully saturated rings. The van der Waals surface area contributed by atoms with Gasteiger partial charge >= 0.3 is 5.97 Å². The SMILES string of the molecule is CC[C@H](NC(=O)[C@H](O)c1ccccc1)C(=O)O. The summed E-state index contributed by atoms with van der Waals surface area (Å²) < 4.78 is 0. The van der Waals surface area contributed by atoms with Crippen LogP contribution < -0.4 is 5.32 Å². The highest BCUT2D eigenvalue weighted by Crippen LogP contribution is 2.12. The number of hydrogen-bond acceptors (Lipinski definition) is 3. The first-order chi connectivity index (χ1) is 8.06. The molecule has 0 heterocycles. The number of benzene rings is 1. The van der Waals surface area contributed by atoms with Gasteiger partial charge in [0.2, 0.25) is 0 Å². The third-order valence-corrected chi connectivity index (χ3v) is 2.39. The minimum Gasteiger partial charge on any atom is -0.480 e. The molecule has 0 unspecified atom stereocenters. The lowest BCUT2D eigenvalue weighted by atomic mass is 10.1. The van der Waals surface area contributed by atoms with Crippen molar-refractivity contribution >= 4 is 11.9 Å². The summed E-state index contributed by atoms with van der Waals surface area (Å²) in [4.78, 5) is 22.3. The van der Waals surface area contributed by atoms with Crippen LogP contribution in [0.25, 0.3) is 0 Å². The minimum atomic E-state index is -1.34. The third kappa shape index (κ3) is 3.57. The van der Waals surface area contributed by atoms with Crippen molar-refractivity contribution in [3.63, 3.8) is 0 Å². The summed E-state index contributed by atoms with van der Waals surface area (Å²) in [5.41, 5.74) is 0.435. The lowest BCUT2D eigenvalue weighted by Crippen LogP contribution is -2.42. The molecule has 5 nitrogen and oxygen atoms in total. The lowest BCUT2D eigenvalue weighted by molar-refractivity contribution is -0.143. The largest absolute Gasteiger partial charge is 0.480 e. The van der Waals surface area contributed by atoms with Crippen molar-refractivity contribution < 1.29 is 19.8 Å². The van der Waals surface area contributed by atoms with Crippen LogP contribution in [0, 0.1) is 0 Å². The summed E-state index contributed by atoms with van der Waals surface area (Å²) in [5.74, 6) is -1.81. The van der Waals surface area contributed by atoms with Crippen molar-refractivity contribution in [3.8, 4) is 0 Å². The molecule has 5 heteroatoms. The van der Waals surface area contributed by atoms with Gasteiger partial charge in [-0.15, -0.1) is 0 Å². The van der Waals surface area contributed by atoms with Crippen LogP contribution in [0.15, 0.2) is 30.3 Å². The van der Waals surface area contributed by atoms with Crippen LogP contribution in [0.4, 0.5) is 0 Å². The second kappa shape index (κ2) is 6.00. The molecule has 2 atom stereocenters. The summed E-state index contributed by atoms with van der Waals surface area (Å²) in [6.07, 6.45) is -1.08. The predicted molar refractivity (Wildman–Crippen MR) is 61.3 cm³/mol. The van der Waals surface area contributed by atoms with Crippen molar-refractivity contribution in [2.24, 2.45) is 0 Å². The average Bonchev–Trinajstić information content (AvgIpc) is 2.35. The highest BCUT2D eigenvalue weighted by Gasteiger charge is 2.23. The van der Waals surface area contributed by atoms with Crippen LogP contribution in [0.3, 0.4) is 0 Å². The van der Waals surface area contributed by atoms with Crippen molar-refractivity contribution in [3.05, 3.63) is 35.9 Å². The zero-order chi connectivity index (χ0) is 12.8. The van der Waals surface area contributed by atoms with Gasteiger partial charge in [-0.2, -0.15) is 0 Å². The number of carboxylic acids is 1. The summed E-state index contributed by atoms with van der Waals surface area (Å²) >= 11 is 0. The predicted octanol–water partition coefficient (Wildman–Crippen LogP) is 0.699. The van der Waals surface area contributed by atoms with Gasteiger partial charge < -0.3 is 15.5 Å². The molecule has 0 aromatic heterocycles. The Morgan fingerprint density at radius 2 is 1.88 bits per heavy atom. The third-order valence-electron chi connectivity index (χ3n) is 2.39. The molecule has 0 saturated heterocycles. The Kier molecular flexibility index (Phi) is 4.66. The van der Waals surface area contributed by atoms with E-state index in [2.05, 4.69) is 5.32 Å². The second-order valence-electron chi connectivity index (χ2n) is 3.62. The monoisotopic (exact) mass is 237 g/mol. The zero-order valence-electron chi connectivity index (χ0n) is 9.46. The number of aliphatic hydroxyl groups excluding tert-OH is 1. The van der Waals surface area contributed by atoms with Gasteiger partial charge in [-0.05, 0) is 12.0 Å². The molecule has 17 heavy (non-hydrogen) atoms. The van der Waals surface area contributed by atoms with E-state index in [0.29, 0.717) is 5.56 Å². The summed E-state index contributed by atoms with van der Waals surface area (Å²) in [7, 11) is 0. The summed E-state index contributed by atoms with van der Waals surface area (Å²) in [5, 5.41) is 20.8. The van der Waals surface area contributed by atoms with Crippen molar-refractivity contribution in [2.75, 3.05) is 0 Å². The Morgan fingerprint density at radius 3 is 2.35 bits per heavy atom. The van der Waals surface area contributed by atoms with E-state index < -0.39 is 24.0 Å². The highest BCUT2D eigenvalue weighted by atomic mass is 16.4. The normalized spacial score (nSPS) is 13.8. The highest BCUT2D eigenvalue weighted by molar-refractivity contribution is 5.86. The van der Waals surface area contributed by atoms with Gasteiger partial charge in [0.15, 0.2) is 6.10 Å². The maximum absolute atomic E-state index is 11.6. The summed E-state index contributed by atoms with van der Waals surface area (Å²) in [6, 6.07) is 7.39. The van der Waals surface area contributed by atoms with Crippen LogP contribution in [0.5, 0.6) is 0 Å². The van der Waals surface area contributed by atoms with Gasteiger partial charge in [-0.1, -0.05) is 37.3 Å². The molecule has 1 amide bonds. The maximum Gasteiger partial charge on any atom is 0.326 e. The topological polar surface area (TPSA) is 86.6 Å². The Labute approximate surface area is 99.1 Å². The Balaban J connectivity index is 2.68. The fraction of sp³-hybridized carbons (Fsp3) is 0.333. The molecular weight excluding hydrogens is 222 g/mol. The first-order valence-corrected chi connectivity index (χ1v) is 5.32. The molecule has 0 aliphatic carbocycles. The summed E-state index contributed by atoms with van der Waals surface area (Å²) in [6.45, 7) is 1.65. The Morgan fingerprint density at radius 1 is 1.29 bits per heavy atom. The number of carboxylic acid groups (broad SMARTS) is 1. The van der Waals surface area contributed by atoms with E-state index in [1.165, 1.54) is 0 Å². The number of nitrogens with one attached hydrogen (secondary N) is 1. The second-order valence-corrected chi connectivity index (χ2v) is 3.62. The molecule has 0 aliphatic heterocycles. The number of aliphatic hydroxyl groups is 1. The number of aliphatic carboxylic acids is 1. The van der Waals surface area contributed by atoms with E-state index in [1.54, 1.807) is 37.3 Å². The molecule has 0 aliphatic rings. The average molecular weight is 237 g/mol. The first-order valence-electron chi connectivity index (χ1n) is 5.32. The van der Waals surface area contributed by atoms with Gasteiger partial charge in [0.1, 0.15) is 6.04 Å². The number of hydrogen-bond donors (Lipinski definition) is 3. The molecule has 0 bridgehead atoms. The molecular formula is C12H15NO4. The van der Waals surface area contributed by atoms with Gasteiger partial charge in [0, 0.05) is 0 Å². The van der Waals surface area contributed by atoms with E-state index >= 15 is 0 Å². The first kappa shape index (κ1) is 13.2. The Hall–Kier alpha value is -1.88. The van der Waals surface area contributed by atoms with Gasteiger partial charge in [-0.25, -0.2) is 4.79 Å². The lowest BCUT2D eigenvalue weighted by Gasteiger charge is -2.15. The van der Waals surface area contributed by atoms with Crippen LogP contribution in [0.2, 0.25) is 0 Å². The van der Waals surface area contributed by atoms with Crippen molar-refractivity contribution in [1.82, 2.24) is 5.32 Å². The van der Waals surface area contributed by atoms with E-state index in [4.69, 9.17) is 5.11 Å². The zero-order valence-corrected chi connectivity index (χ0v) is 9.46. The molecule has 3 N–H and O–H groups in total. The molecule has 92 valence electrons. The number of carbonyl (C=O) groups excluding carboxylic acids is 1. The number of amides is 1. The molecule has 0 saturated carbocycles. The van der Waals surface area contributed by atoms with Crippen LogP contribution >= 0.6 is 0 Å². The van der Waals surface area contributed by atoms with E-state index in [0.717, 1.165) is 0 Å². The standard InChI is InChI=1S/C12H15NO4/c1-2-9(12(16)17)13-11(15)10(14)8-6-4-3-5-7-8/h3-7,9-10,14H,2H2,1H3,(H,13,15)(H,16,17)/t9-,10+/m0/s1. The van der Waals surface area contributed by atoms with Crippen LogP contribution in [0.1, 0.15) is 25.0 Å². The van der Waals surface area contributed by atoms with Gasteiger partial charge in [0.25, 0.3) is 5.91 Å². The Bertz CT molecular complexity index is 391. The number of carbonyl (C=O) groups is 2. The molecule has 1 aromatic carbocycles. The minimum absolute atomic E-state index is 0.266. The molecule has 0 spiro atoms. The van der Waals surface area contributed by atoms with E-state index in [1.807, 2.05) is 0 Å². The fourth-order valence-corrected chi connectivity index (χ4v) is 1.38. The van der Waals surface area contributed by atoms with E-state index in [9.17, 15) is 14.7 Å². The number of rotatable bonds is 5. The molecule has 1 aromatic rings. The molecule has 1 rings (SSSR count). The van der Waals surface area contributed by atoms with Crippen molar-refractivity contribution in [2.45, 2.75) is 25.5 Å². The smallest absolute Gasteiger partial charge is 0.326 e. The van der Waals surface area contributed by atoms with Crippen molar-refractivity contribution in [1.29, 1.82) is 0 Å². The van der Waals surface area contributed by atoms with Gasteiger partial charge in [-0.3, -0.25) is 4.79 Å². The maximum atomic E-state index is 11.6. The quantitative estimate of drug-likeness (QED) is 0.703. The molecule has 0 radical (unpaired) electrons. The van der Waals surface area contributed by atoms with Crippen LogP contribution in [-0.4, -0.2) is 28.1 Å². The van der Waals surface area contributed by atoms with E-state index in [-0.39, 0.29) is 6.42 Å².